The van der Waals surface area contributed by atoms with E-state index in [0.29, 0.717) is 17.2 Å². The number of hydrogen-bond donors (Lipinski definition) is 1. The first-order valence-corrected chi connectivity index (χ1v) is 8.76. The van der Waals surface area contributed by atoms with Crippen molar-refractivity contribution in [1.82, 2.24) is 0 Å². The van der Waals surface area contributed by atoms with Crippen LogP contribution in [-0.2, 0) is 4.74 Å². The standard InChI is InChI=1S/C14H24N2O2S2/c1-6-16(7-8-18-4)14-13(19-5)10(15)12(20-14)11(17)9(2)3/h9H,6-8,15H2,1-5H3. The molecule has 2 N–H and O–H groups in total. The number of likely N-dealkylation sites (N-methyl/N-ethyl adjacent to an activating group) is 1. The van der Waals surface area contributed by atoms with E-state index in [1.54, 1.807) is 18.9 Å². The molecule has 0 amide bonds. The number of ether oxygens (including phenoxy) is 1. The summed E-state index contributed by atoms with van der Waals surface area (Å²) in [5.74, 6) is 0.0874. The molecule has 4 nitrogen and oxygen atoms in total. The molecular weight excluding hydrogens is 292 g/mol. The van der Waals surface area contributed by atoms with Gasteiger partial charge < -0.3 is 15.4 Å². The van der Waals surface area contributed by atoms with E-state index >= 15 is 0 Å². The van der Waals surface area contributed by atoms with Gasteiger partial charge in [0.1, 0.15) is 5.00 Å². The second kappa shape index (κ2) is 7.90. The third-order valence-corrected chi connectivity index (χ3v) is 5.30. The lowest BCUT2D eigenvalue weighted by Gasteiger charge is -2.22. The Hall–Kier alpha value is -0.720. The van der Waals surface area contributed by atoms with Gasteiger partial charge in [0.2, 0.25) is 0 Å². The Labute approximate surface area is 129 Å². The highest BCUT2D eigenvalue weighted by Gasteiger charge is 2.24. The van der Waals surface area contributed by atoms with Crippen LogP contribution in [0.5, 0.6) is 0 Å². The van der Waals surface area contributed by atoms with Gasteiger partial charge in [-0.3, -0.25) is 4.79 Å². The average molecular weight is 316 g/mol. The maximum absolute atomic E-state index is 12.2. The third-order valence-electron chi connectivity index (χ3n) is 3.07. The number of carbonyl (C=O) groups is 1. The summed E-state index contributed by atoms with van der Waals surface area (Å²) in [6, 6.07) is 0. The predicted molar refractivity (Wildman–Crippen MR) is 89.4 cm³/mol. The Bertz CT molecular complexity index is 458. The Morgan fingerprint density at radius 2 is 2.15 bits per heavy atom. The van der Waals surface area contributed by atoms with Crippen LogP contribution in [0.2, 0.25) is 0 Å². The number of hydrogen-bond acceptors (Lipinski definition) is 6. The number of nitrogens with zero attached hydrogens (tertiary/aromatic N) is 1. The maximum atomic E-state index is 12.2. The zero-order chi connectivity index (χ0) is 15.3. The van der Waals surface area contributed by atoms with E-state index in [0.717, 1.165) is 23.0 Å². The molecule has 0 fully saturated rings. The molecule has 0 unspecified atom stereocenters. The number of Topliss-reactive ketones (excluding diaryl/α,β-unsaturated/α-hetero) is 1. The summed E-state index contributed by atoms with van der Waals surface area (Å²) >= 11 is 3.11. The highest BCUT2D eigenvalue weighted by molar-refractivity contribution is 7.99. The molecule has 0 aliphatic heterocycles. The van der Waals surface area contributed by atoms with Crippen LogP contribution in [0.3, 0.4) is 0 Å². The largest absolute Gasteiger partial charge is 0.396 e. The fourth-order valence-corrected chi connectivity index (χ4v) is 4.23. The molecule has 0 saturated heterocycles. The van der Waals surface area contributed by atoms with Crippen molar-refractivity contribution in [2.24, 2.45) is 5.92 Å². The number of anilines is 2. The number of carbonyl (C=O) groups excluding carboxylic acids is 1. The fraction of sp³-hybridized carbons (Fsp3) is 0.643. The fourth-order valence-electron chi connectivity index (χ4n) is 1.87. The number of rotatable bonds is 8. The van der Waals surface area contributed by atoms with Gasteiger partial charge in [-0.25, -0.2) is 0 Å². The van der Waals surface area contributed by atoms with Gasteiger partial charge in [0, 0.05) is 26.1 Å². The van der Waals surface area contributed by atoms with Crippen LogP contribution in [0, 0.1) is 5.92 Å². The van der Waals surface area contributed by atoms with E-state index in [2.05, 4.69) is 11.8 Å². The second-order valence-electron chi connectivity index (χ2n) is 4.77. The quantitative estimate of drug-likeness (QED) is 0.589. The van der Waals surface area contributed by atoms with Gasteiger partial charge in [-0.05, 0) is 13.2 Å². The minimum Gasteiger partial charge on any atom is -0.396 e. The van der Waals surface area contributed by atoms with Gasteiger partial charge in [-0.2, -0.15) is 0 Å². The van der Waals surface area contributed by atoms with Crippen LogP contribution in [0.25, 0.3) is 0 Å². The number of nitrogen functional groups attached to an aromatic ring is 1. The number of thioether (sulfide) groups is 1. The summed E-state index contributed by atoms with van der Waals surface area (Å²) in [5, 5.41) is 1.08. The molecular formula is C14H24N2O2S2. The first-order chi connectivity index (χ1) is 9.47. The van der Waals surface area contributed by atoms with Gasteiger partial charge >= 0.3 is 0 Å². The molecule has 0 atom stereocenters. The van der Waals surface area contributed by atoms with Crippen molar-refractivity contribution >= 4 is 39.6 Å². The molecule has 114 valence electrons. The highest BCUT2D eigenvalue weighted by atomic mass is 32.2. The third kappa shape index (κ3) is 3.68. The van der Waals surface area contributed by atoms with Crippen molar-refractivity contribution in [2.75, 3.05) is 43.7 Å². The lowest BCUT2D eigenvalue weighted by molar-refractivity contribution is 0.0944. The summed E-state index contributed by atoms with van der Waals surface area (Å²) in [4.78, 5) is 16.2. The molecule has 0 aliphatic carbocycles. The SMILES string of the molecule is CCN(CCOC)c1sc(C(=O)C(C)C)c(N)c1SC. The molecule has 20 heavy (non-hydrogen) atoms. The molecule has 0 radical (unpaired) electrons. The molecule has 1 aromatic rings. The molecule has 6 heteroatoms. The molecule has 0 spiro atoms. The zero-order valence-corrected chi connectivity index (χ0v) is 14.5. The van der Waals surface area contributed by atoms with Gasteiger partial charge in [-0.1, -0.05) is 13.8 Å². The predicted octanol–water partition coefficient (Wildman–Crippen LogP) is 3.36. The maximum Gasteiger partial charge on any atom is 0.177 e. The lowest BCUT2D eigenvalue weighted by Crippen LogP contribution is -2.26. The molecule has 1 rings (SSSR count). The topological polar surface area (TPSA) is 55.6 Å². The van der Waals surface area contributed by atoms with E-state index < -0.39 is 0 Å². The molecule has 1 heterocycles. The Morgan fingerprint density at radius 1 is 1.50 bits per heavy atom. The minimum absolute atomic E-state index is 0.0347. The summed E-state index contributed by atoms with van der Waals surface area (Å²) < 4.78 is 5.15. The van der Waals surface area contributed by atoms with Crippen molar-refractivity contribution in [2.45, 2.75) is 25.7 Å². The van der Waals surface area contributed by atoms with E-state index in [1.807, 2.05) is 20.1 Å². The van der Waals surface area contributed by atoms with Crippen LogP contribution >= 0.6 is 23.1 Å². The Morgan fingerprint density at radius 3 is 2.60 bits per heavy atom. The summed E-state index contributed by atoms with van der Waals surface area (Å²) in [5.41, 5.74) is 6.82. The van der Waals surface area contributed by atoms with E-state index in [1.165, 1.54) is 11.3 Å². The average Bonchev–Trinajstić information content (AvgIpc) is 2.75. The summed E-state index contributed by atoms with van der Waals surface area (Å²) in [7, 11) is 1.69. The normalized spacial score (nSPS) is 11.1. The monoisotopic (exact) mass is 316 g/mol. The number of nitrogens with two attached hydrogens (primary N) is 1. The van der Waals surface area contributed by atoms with Gasteiger partial charge in [-0.15, -0.1) is 23.1 Å². The summed E-state index contributed by atoms with van der Waals surface area (Å²) in [6.07, 6.45) is 2.00. The van der Waals surface area contributed by atoms with Gasteiger partial charge in [0.15, 0.2) is 5.78 Å². The van der Waals surface area contributed by atoms with Crippen LogP contribution in [0.15, 0.2) is 4.90 Å². The molecule has 1 aromatic heterocycles. The molecule has 0 aromatic carbocycles. The van der Waals surface area contributed by atoms with Crippen molar-refractivity contribution in [3.63, 3.8) is 0 Å². The van der Waals surface area contributed by atoms with Crippen LogP contribution in [-0.4, -0.2) is 38.8 Å². The van der Waals surface area contributed by atoms with Crippen molar-refractivity contribution in [1.29, 1.82) is 0 Å². The van der Waals surface area contributed by atoms with Crippen LogP contribution < -0.4 is 10.6 Å². The van der Waals surface area contributed by atoms with Crippen LogP contribution in [0.4, 0.5) is 10.7 Å². The van der Waals surface area contributed by atoms with Crippen LogP contribution in [0.1, 0.15) is 30.4 Å². The summed E-state index contributed by atoms with van der Waals surface area (Å²) in [6.45, 7) is 8.24. The number of ketones is 1. The smallest absolute Gasteiger partial charge is 0.177 e. The number of methoxy groups -OCH3 is 1. The molecule has 0 bridgehead atoms. The first-order valence-electron chi connectivity index (χ1n) is 6.72. The van der Waals surface area contributed by atoms with Gasteiger partial charge in [0.05, 0.1) is 22.1 Å². The number of thiophene rings is 1. The Kier molecular flexibility index (Phi) is 6.85. The second-order valence-corrected chi connectivity index (χ2v) is 6.59. The Balaban J connectivity index is 3.18. The van der Waals surface area contributed by atoms with Crippen molar-refractivity contribution < 1.29 is 9.53 Å². The first kappa shape index (κ1) is 17.3. The highest BCUT2D eigenvalue weighted by Crippen LogP contribution is 2.44. The van der Waals surface area contributed by atoms with E-state index in [9.17, 15) is 4.79 Å². The lowest BCUT2D eigenvalue weighted by atomic mass is 10.1. The molecule has 0 aliphatic rings. The van der Waals surface area contributed by atoms with E-state index in [-0.39, 0.29) is 11.7 Å². The van der Waals surface area contributed by atoms with E-state index in [4.69, 9.17) is 10.5 Å². The minimum atomic E-state index is -0.0347. The molecule has 0 saturated carbocycles. The zero-order valence-electron chi connectivity index (χ0n) is 12.9. The van der Waals surface area contributed by atoms with Crippen molar-refractivity contribution in [3.05, 3.63) is 4.88 Å². The van der Waals surface area contributed by atoms with Gasteiger partial charge in [0.25, 0.3) is 0 Å². The van der Waals surface area contributed by atoms with Crippen molar-refractivity contribution in [3.8, 4) is 0 Å².